The molecule has 2 saturated heterocycles. The van der Waals surface area contributed by atoms with Gasteiger partial charge in [-0.15, -0.1) is 0 Å². The first-order valence-corrected chi connectivity index (χ1v) is 10.1. The highest BCUT2D eigenvalue weighted by molar-refractivity contribution is 5.94. The van der Waals surface area contributed by atoms with Gasteiger partial charge in [0, 0.05) is 50.2 Å². The molecule has 2 aliphatic rings. The zero-order valence-corrected chi connectivity index (χ0v) is 16.9. The molecule has 3 atom stereocenters. The summed E-state index contributed by atoms with van der Waals surface area (Å²) in [6.07, 6.45) is 5.77. The average molecular weight is 380 g/mol. The Bertz CT molecular complexity index is 889. The molecule has 5 heteroatoms. The van der Waals surface area contributed by atoms with Crippen LogP contribution in [0.15, 0.2) is 42.6 Å². The van der Waals surface area contributed by atoms with E-state index in [4.69, 9.17) is 0 Å². The summed E-state index contributed by atoms with van der Waals surface area (Å²) in [5.74, 6) is 0.250. The van der Waals surface area contributed by atoms with Crippen molar-refractivity contribution in [2.24, 2.45) is 12.5 Å². The van der Waals surface area contributed by atoms with Crippen LogP contribution in [0.5, 0.6) is 0 Å². The minimum atomic E-state index is -0.381. The van der Waals surface area contributed by atoms with E-state index in [0.717, 1.165) is 43.5 Å². The summed E-state index contributed by atoms with van der Waals surface area (Å²) in [6.45, 7) is 2.39. The Morgan fingerprint density at radius 2 is 1.96 bits per heavy atom. The number of ketones is 1. The molecule has 0 aliphatic carbocycles. The molecule has 4 rings (SSSR count). The number of fused-ring (bicyclic) bond motifs is 2. The summed E-state index contributed by atoms with van der Waals surface area (Å²) in [6, 6.07) is 13.0. The normalized spacial score (nSPS) is 26.5. The van der Waals surface area contributed by atoms with E-state index in [-0.39, 0.29) is 23.1 Å². The van der Waals surface area contributed by atoms with Crippen molar-refractivity contribution in [2.45, 2.75) is 51.2 Å². The van der Waals surface area contributed by atoms with Gasteiger partial charge in [-0.25, -0.2) is 0 Å². The summed E-state index contributed by atoms with van der Waals surface area (Å²) in [7, 11) is 3.75. The lowest BCUT2D eigenvalue weighted by molar-refractivity contribution is -0.132. The number of hydrogen-bond acceptors (Lipinski definition) is 3. The van der Waals surface area contributed by atoms with Crippen LogP contribution in [0, 0.1) is 5.41 Å². The standard InChI is InChI=1S/C23H29N3O2/c1-16(27)18-11-20(25(3)14-18)15-26-19-9-10-21(26)23(13-19,22(28)24-2)12-17-7-5-4-6-8-17/h4-8,11,14,19,21H,9-10,12-13,15H2,1-3H3,(H,24,28)/t19-,21+,23+/m0/s1. The molecular weight excluding hydrogens is 350 g/mol. The number of nitrogens with one attached hydrogen (secondary N) is 1. The number of rotatable bonds is 6. The second-order valence-corrected chi connectivity index (χ2v) is 8.41. The van der Waals surface area contributed by atoms with Crippen LogP contribution in [-0.2, 0) is 24.8 Å². The molecule has 2 fully saturated rings. The van der Waals surface area contributed by atoms with Gasteiger partial charge < -0.3 is 9.88 Å². The van der Waals surface area contributed by atoms with Gasteiger partial charge >= 0.3 is 0 Å². The zero-order chi connectivity index (χ0) is 19.9. The van der Waals surface area contributed by atoms with Crippen LogP contribution in [0.4, 0.5) is 0 Å². The predicted octanol–water partition coefficient (Wildman–Crippen LogP) is 2.94. The van der Waals surface area contributed by atoms with Gasteiger partial charge in [0.2, 0.25) is 5.91 Å². The molecule has 2 aliphatic heterocycles. The minimum Gasteiger partial charge on any atom is -0.359 e. The number of aromatic nitrogens is 1. The highest BCUT2D eigenvalue weighted by atomic mass is 16.2. The van der Waals surface area contributed by atoms with Gasteiger partial charge in [0.05, 0.1) is 5.41 Å². The third kappa shape index (κ3) is 3.08. The molecule has 0 unspecified atom stereocenters. The van der Waals surface area contributed by atoms with Crippen LogP contribution in [0.1, 0.15) is 47.8 Å². The number of aryl methyl sites for hydroxylation is 1. The van der Waals surface area contributed by atoms with E-state index in [0.29, 0.717) is 6.04 Å². The lowest BCUT2D eigenvalue weighted by atomic mass is 9.69. The molecule has 0 radical (unpaired) electrons. The van der Waals surface area contributed by atoms with Crippen LogP contribution < -0.4 is 5.32 Å². The van der Waals surface area contributed by atoms with Crippen LogP contribution in [0.3, 0.4) is 0 Å². The highest BCUT2D eigenvalue weighted by Gasteiger charge is 2.59. The van der Waals surface area contributed by atoms with Crippen molar-refractivity contribution in [3.8, 4) is 0 Å². The third-order valence-corrected chi connectivity index (χ3v) is 6.78. The Labute approximate surface area is 166 Å². The second-order valence-electron chi connectivity index (χ2n) is 8.41. The summed E-state index contributed by atoms with van der Waals surface area (Å²) in [5.41, 5.74) is 2.73. The molecule has 1 amide bonds. The van der Waals surface area contributed by atoms with Crippen molar-refractivity contribution in [1.29, 1.82) is 0 Å². The van der Waals surface area contributed by atoms with E-state index < -0.39 is 0 Å². The van der Waals surface area contributed by atoms with Crippen molar-refractivity contribution >= 4 is 11.7 Å². The van der Waals surface area contributed by atoms with E-state index in [1.54, 1.807) is 14.0 Å². The number of Topliss-reactive ketones (excluding diaryl/α,β-unsaturated/α-hetero) is 1. The first-order chi connectivity index (χ1) is 13.4. The maximum absolute atomic E-state index is 13.1. The Morgan fingerprint density at radius 3 is 2.61 bits per heavy atom. The Balaban J connectivity index is 1.63. The first-order valence-electron chi connectivity index (χ1n) is 10.1. The van der Waals surface area contributed by atoms with E-state index in [1.807, 2.05) is 42.1 Å². The van der Waals surface area contributed by atoms with Crippen LogP contribution in [-0.4, -0.2) is 40.3 Å². The van der Waals surface area contributed by atoms with Gasteiger partial charge in [-0.1, -0.05) is 30.3 Å². The van der Waals surface area contributed by atoms with Gasteiger partial charge in [-0.3, -0.25) is 14.5 Å². The molecule has 1 aromatic heterocycles. The fourth-order valence-corrected chi connectivity index (χ4v) is 5.42. The van der Waals surface area contributed by atoms with E-state index in [2.05, 4.69) is 22.3 Å². The predicted molar refractivity (Wildman–Crippen MR) is 109 cm³/mol. The van der Waals surface area contributed by atoms with Crippen LogP contribution in [0.2, 0.25) is 0 Å². The van der Waals surface area contributed by atoms with Gasteiger partial charge in [-0.2, -0.15) is 0 Å². The van der Waals surface area contributed by atoms with Crippen molar-refractivity contribution in [3.63, 3.8) is 0 Å². The monoisotopic (exact) mass is 379 g/mol. The molecule has 0 saturated carbocycles. The molecule has 1 aromatic carbocycles. The van der Waals surface area contributed by atoms with Gasteiger partial charge in [0.25, 0.3) is 0 Å². The molecule has 0 spiro atoms. The van der Waals surface area contributed by atoms with Gasteiger partial charge in [-0.05, 0) is 44.2 Å². The highest BCUT2D eigenvalue weighted by Crippen LogP contribution is 2.52. The third-order valence-electron chi connectivity index (χ3n) is 6.78. The average Bonchev–Trinajstić information content (AvgIpc) is 3.34. The van der Waals surface area contributed by atoms with Crippen molar-refractivity contribution in [2.75, 3.05) is 7.05 Å². The van der Waals surface area contributed by atoms with Crippen molar-refractivity contribution < 1.29 is 9.59 Å². The quantitative estimate of drug-likeness (QED) is 0.785. The molecule has 148 valence electrons. The van der Waals surface area contributed by atoms with E-state index in [1.165, 1.54) is 5.56 Å². The van der Waals surface area contributed by atoms with Gasteiger partial charge in [0.15, 0.2) is 5.78 Å². The number of amides is 1. The number of carbonyl (C=O) groups excluding carboxylic acids is 2. The lowest BCUT2D eigenvalue weighted by Crippen LogP contribution is -2.49. The Hall–Kier alpha value is -2.40. The minimum absolute atomic E-state index is 0.0926. The second kappa shape index (κ2) is 7.21. The van der Waals surface area contributed by atoms with Gasteiger partial charge in [0.1, 0.15) is 0 Å². The van der Waals surface area contributed by atoms with E-state index in [9.17, 15) is 9.59 Å². The topological polar surface area (TPSA) is 54.3 Å². The zero-order valence-electron chi connectivity index (χ0n) is 16.9. The fourth-order valence-electron chi connectivity index (χ4n) is 5.42. The molecule has 3 heterocycles. The number of benzene rings is 1. The summed E-state index contributed by atoms with van der Waals surface area (Å²) < 4.78 is 2.05. The van der Waals surface area contributed by atoms with Crippen LogP contribution in [0.25, 0.3) is 0 Å². The number of carbonyl (C=O) groups is 2. The molecule has 28 heavy (non-hydrogen) atoms. The molecular formula is C23H29N3O2. The summed E-state index contributed by atoms with van der Waals surface area (Å²) in [4.78, 5) is 27.4. The molecule has 2 bridgehead atoms. The van der Waals surface area contributed by atoms with Crippen molar-refractivity contribution in [1.82, 2.24) is 14.8 Å². The largest absolute Gasteiger partial charge is 0.359 e. The summed E-state index contributed by atoms with van der Waals surface area (Å²) >= 11 is 0. The number of nitrogens with zero attached hydrogens (tertiary/aromatic N) is 2. The molecule has 2 aromatic rings. The fraction of sp³-hybridized carbons (Fsp3) is 0.478. The molecule has 1 N–H and O–H groups in total. The Kier molecular flexibility index (Phi) is 4.88. The smallest absolute Gasteiger partial charge is 0.227 e. The maximum atomic E-state index is 13.1. The summed E-state index contributed by atoms with van der Waals surface area (Å²) in [5, 5.41) is 2.95. The van der Waals surface area contributed by atoms with Crippen LogP contribution >= 0.6 is 0 Å². The van der Waals surface area contributed by atoms with Crippen molar-refractivity contribution in [3.05, 3.63) is 59.4 Å². The first kappa shape index (κ1) is 18.9. The maximum Gasteiger partial charge on any atom is 0.227 e. The number of hydrogen-bond donors (Lipinski definition) is 1. The lowest BCUT2D eigenvalue weighted by Gasteiger charge is -2.36. The Morgan fingerprint density at radius 1 is 1.21 bits per heavy atom. The molecule has 5 nitrogen and oxygen atoms in total. The SMILES string of the molecule is CNC(=O)[C@]1(Cc2ccccc2)C[C@@H]2CC[C@H]1N2Cc1cc(C(C)=O)cn1C. The van der Waals surface area contributed by atoms with E-state index >= 15 is 0 Å².